The molecule has 24 heavy (non-hydrogen) atoms. The number of hydrogen-bond donors (Lipinski definition) is 1. The third-order valence-electron chi connectivity index (χ3n) is 3.63. The maximum atomic E-state index is 5.37. The van der Waals surface area contributed by atoms with E-state index in [1.807, 2.05) is 19.1 Å². The largest absolute Gasteiger partial charge is 0.493 e. The van der Waals surface area contributed by atoms with Crippen LogP contribution in [-0.2, 0) is 12.0 Å². The van der Waals surface area contributed by atoms with Crippen LogP contribution in [0.25, 0.3) is 0 Å². The second-order valence-corrected chi connectivity index (χ2v) is 7.46. The van der Waals surface area contributed by atoms with Crippen LogP contribution in [0.2, 0.25) is 0 Å². The predicted molar refractivity (Wildman–Crippen MR) is 95.5 cm³/mol. The van der Waals surface area contributed by atoms with Crippen molar-refractivity contribution in [3.8, 4) is 11.5 Å². The minimum atomic E-state index is -0.131. The van der Waals surface area contributed by atoms with Gasteiger partial charge in [0.1, 0.15) is 0 Å². The number of nitrogens with one attached hydrogen (secondary N) is 1. The number of rotatable bonds is 6. The molecule has 1 heterocycles. The van der Waals surface area contributed by atoms with Crippen LogP contribution in [0, 0.1) is 0 Å². The zero-order chi connectivity index (χ0) is 17.9. The number of benzene rings is 1. The van der Waals surface area contributed by atoms with E-state index in [0.29, 0.717) is 29.8 Å². The van der Waals surface area contributed by atoms with Crippen molar-refractivity contribution in [1.82, 2.24) is 15.5 Å². The number of halogens is 1. The molecule has 0 saturated heterocycles. The van der Waals surface area contributed by atoms with E-state index in [-0.39, 0.29) is 11.5 Å². The summed E-state index contributed by atoms with van der Waals surface area (Å²) in [5, 5.41) is 7.45. The standard InChI is InChI=1S/C17H24BrN3O3/c1-10(15-20-16(21-24-15)17(2,3)4)19-9-11-7-13(22-5)14(23-6)8-12(11)18/h7-8,10,19H,9H2,1-6H3. The van der Waals surface area contributed by atoms with Gasteiger partial charge in [-0.15, -0.1) is 0 Å². The minimum absolute atomic E-state index is 0.0615. The Morgan fingerprint density at radius 2 is 1.83 bits per heavy atom. The van der Waals surface area contributed by atoms with Crippen LogP contribution in [0.4, 0.5) is 0 Å². The molecule has 2 aromatic rings. The van der Waals surface area contributed by atoms with E-state index < -0.39 is 0 Å². The molecule has 0 saturated carbocycles. The van der Waals surface area contributed by atoms with Crippen LogP contribution in [0.15, 0.2) is 21.1 Å². The molecule has 1 N–H and O–H groups in total. The fraction of sp³-hybridized carbons (Fsp3) is 0.529. The van der Waals surface area contributed by atoms with Crippen LogP contribution in [0.3, 0.4) is 0 Å². The quantitative estimate of drug-likeness (QED) is 0.794. The molecule has 0 aliphatic rings. The molecule has 0 fully saturated rings. The average Bonchev–Trinajstić information content (AvgIpc) is 3.03. The van der Waals surface area contributed by atoms with Gasteiger partial charge in [-0.3, -0.25) is 0 Å². The number of hydrogen-bond acceptors (Lipinski definition) is 6. The predicted octanol–water partition coefficient (Wildman–Crippen LogP) is 4.00. The normalized spacial score (nSPS) is 13.0. The topological polar surface area (TPSA) is 69.4 Å². The zero-order valence-electron chi connectivity index (χ0n) is 14.9. The smallest absolute Gasteiger partial charge is 0.243 e. The van der Waals surface area contributed by atoms with Crippen LogP contribution in [0.1, 0.15) is 51.0 Å². The Bertz CT molecular complexity index is 695. The lowest BCUT2D eigenvalue weighted by Crippen LogP contribution is -2.19. The highest BCUT2D eigenvalue weighted by atomic mass is 79.9. The lowest BCUT2D eigenvalue weighted by atomic mass is 9.96. The molecule has 6 nitrogen and oxygen atoms in total. The summed E-state index contributed by atoms with van der Waals surface area (Å²) in [7, 11) is 3.24. The fourth-order valence-corrected chi connectivity index (χ4v) is 2.56. The van der Waals surface area contributed by atoms with E-state index in [2.05, 4.69) is 52.2 Å². The molecule has 7 heteroatoms. The van der Waals surface area contributed by atoms with E-state index in [0.717, 1.165) is 10.0 Å². The van der Waals surface area contributed by atoms with Gasteiger partial charge in [0.2, 0.25) is 5.89 Å². The number of ether oxygens (including phenoxy) is 2. The van der Waals surface area contributed by atoms with Gasteiger partial charge in [-0.2, -0.15) is 4.98 Å². The van der Waals surface area contributed by atoms with E-state index in [4.69, 9.17) is 14.0 Å². The molecule has 0 aliphatic heterocycles. The van der Waals surface area contributed by atoms with E-state index >= 15 is 0 Å². The Morgan fingerprint density at radius 1 is 1.21 bits per heavy atom. The molecule has 0 amide bonds. The summed E-state index contributed by atoms with van der Waals surface area (Å²) in [5.74, 6) is 2.67. The van der Waals surface area contributed by atoms with Crippen LogP contribution in [-0.4, -0.2) is 24.4 Å². The van der Waals surface area contributed by atoms with Crippen molar-refractivity contribution < 1.29 is 14.0 Å². The molecule has 0 spiro atoms. The Morgan fingerprint density at radius 3 is 2.38 bits per heavy atom. The van der Waals surface area contributed by atoms with Gasteiger partial charge in [-0.1, -0.05) is 41.9 Å². The van der Waals surface area contributed by atoms with Gasteiger partial charge in [0.15, 0.2) is 17.3 Å². The number of nitrogens with zero attached hydrogens (tertiary/aromatic N) is 2. The summed E-state index contributed by atoms with van der Waals surface area (Å²) < 4.78 is 17.0. The Hall–Kier alpha value is -1.60. The summed E-state index contributed by atoms with van der Waals surface area (Å²) >= 11 is 3.56. The summed E-state index contributed by atoms with van der Waals surface area (Å²) in [6.45, 7) is 8.78. The first kappa shape index (κ1) is 18.7. The second kappa shape index (κ2) is 7.53. The van der Waals surface area contributed by atoms with E-state index in [1.165, 1.54) is 0 Å². The second-order valence-electron chi connectivity index (χ2n) is 6.61. The van der Waals surface area contributed by atoms with Crippen molar-refractivity contribution in [2.75, 3.05) is 14.2 Å². The molecule has 1 atom stereocenters. The first-order chi connectivity index (χ1) is 11.3. The fourth-order valence-electron chi connectivity index (χ4n) is 2.10. The Labute approximate surface area is 151 Å². The average molecular weight is 398 g/mol. The van der Waals surface area contributed by atoms with Crippen LogP contribution < -0.4 is 14.8 Å². The highest BCUT2D eigenvalue weighted by molar-refractivity contribution is 9.10. The monoisotopic (exact) mass is 397 g/mol. The number of methoxy groups -OCH3 is 2. The summed E-state index contributed by atoms with van der Waals surface area (Å²) in [6.07, 6.45) is 0. The van der Waals surface area contributed by atoms with E-state index in [9.17, 15) is 0 Å². The third-order valence-corrected chi connectivity index (χ3v) is 4.37. The zero-order valence-corrected chi connectivity index (χ0v) is 16.5. The first-order valence-corrected chi connectivity index (χ1v) is 8.53. The molecular formula is C17H24BrN3O3. The van der Waals surface area contributed by atoms with Crippen LogP contribution >= 0.6 is 15.9 Å². The van der Waals surface area contributed by atoms with Gasteiger partial charge >= 0.3 is 0 Å². The molecular weight excluding hydrogens is 374 g/mol. The van der Waals surface area contributed by atoms with Gasteiger partial charge in [0, 0.05) is 16.4 Å². The molecule has 0 radical (unpaired) electrons. The highest BCUT2D eigenvalue weighted by Gasteiger charge is 2.23. The maximum Gasteiger partial charge on any atom is 0.243 e. The molecule has 2 rings (SSSR count). The van der Waals surface area contributed by atoms with Crippen molar-refractivity contribution >= 4 is 15.9 Å². The van der Waals surface area contributed by atoms with Gasteiger partial charge in [-0.25, -0.2) is 0 Å². The van der Waals surface area contributed by atoms with Crippen LogP contribution in [0.5, 0.6) is 11.5 Å². The third kappa shape index (κ3) is 4.27. The Kier molecular flexibility index (Phi) is 5.87. The minimum Gasteiger partial charge on any atom is -0.493 e. The van der Waals surface area contributed by atoms with Crippen molar-refractivity contribution in [3.05, 3.63) is 33.9 Å². The lowest BCUT2D eigenvalue weighted by Gasteiger charge is -2.14. The summed E-state index contributed by atoms with van der Waals surface area (Å²) in [6, 6.07) is 3.77. The van der Waals surface area contributed by atoms with Crippen molar-refractivity contribution in [3.63, 3.8) is 0 Å². The maximum absolute atomic E-state index is 5.37. The molecule has 1 aromatic heterocycles. The summed E-state index contributed by atoms with van der Waals surface area (Å²) in [4.78, 5) is 4.48. The molecule has 1 aromatic carbocycles. The summed E-state index contributed by atoms with van der Waals surface area (Å²) in [5.41, 5.74) is 0.920. The first-order valence-electron chi connectivity index (χ1n) is 7.74. The number of aromatic nitrogens is 2. The molecule has 0 aliphatic carbocycles. The van der Waals surface area contributed by atoms with Crippen molar-refractivity contribution in [2.45, 2.75) is 45.7 Å². The lowest BCUT2D eigenvalue weighted by molar-refractivity contribution is 0.330. The molecule has 1 unspecified atom stereocenters. The highest BCUT2D eigenvalue weighted by Crippen LogP contribution is 2.33. The van der Waals surface area contributed by atoms with E-state index in [1.54, 1.807) is 14.2 Å². The van der Waals surface area contributed by atoms with Crippen molar-refractivity contribution in [1.29, 1.82) is 0 Å². The van der Waals surface area contributed by atoms with Gasteiger partial charge < -0.3 is 19.3 Å². The SMILES string of the molecule is COc1cc(Br)c(CNC(C)c2nc(C(C)(C)C)no2)cc1OC. The molecule has 0 bridgehead atoms. The van der Waals surface area contributed by atoms with Gasteiger partial charge in [-0.05, 0) is 24.6 Å². The van der Waals surface area contributed by atoms with Crippen molar-refractivity contribution in [2.24, 2.45) is 0 Å². The van der Waals surface area contributed by atoms with Gasteiger partial charge in [0.25, 0.3) is 0 Å². The Balaban J connectivity index is 2.09. The van der Waals surface area contributed by atoms with Gasteiger partial charge in [0.05, 0.1) is 20.3 Å². The molecule has 132 valence electrons.